The predicted molar refractivity (Wildman–Crippen MR) is 101 cm³/mol. The van der Waals surface area contributed by atoms with Crippen LogP contribution in [0.25, 0.3) is 0 Å². The largest absolute Gasteiger partial charge is 0.462 e. The van der Waals surface area contributed by atoms with Crippen molar-refractivity contribution in [2.75, 3.05) is 23.4 Å². The van der Waals surface area contributed by atoms with Crippen molar-refractivity contribution in [1.29, 1.82) is 0 Å². The van der Waals surface area contributed by atoms with Gasteiger partial charge in [0.25, 0.3) is 0 Å². The average Bonchev–Trinajstić information content (AvgIpc) is 2.55. The number of aromatic nitrogens is 2. The number of thioether (sulfide) groups is 1. The molecule has 24 heavy (non-hydrogen) atoms. The van der Waals surface area contributed by atoms with Gasteiger partial charge in [0, 0.05) is 15.5 Å². The van der Waals surface area contributed by atoms with E-state index in [1.165, 1.54) is 6.20 Å². The van der Waals surface area contributed by atoms with E-state index in [2.05, 4.69) is 37.9 Å². The van der Waals surface area contributed by atoms with Crippen molar-refractivity contribution in [3.05, 3.63) is 39.6 Å². The molecule has 0 aliphatic carbocycles. The summed E-state index contributed by atoms with van der Waals surface area (Å²) in [6, 6.07) is 7.46. The Kier molecular flexibility index (Phi) is 6.79. The third-order valence-electron chi connectivity index (χ3n) is 2.75. The van der Waals surface area contributed by atoms with Crippen LogP contribution in [-0.2, 0) is 9.53 Å². The molecule has 0 bridgehead atoms. The number of amides is 1. The predicted octanol–water partition coefficient (Wildman–Crippen LogP) is 2.57. The number of benzene rings is 1. The Hall–Kier alpha value is -1.88. The number of esters is 1. The van der Waals surface area contributed by atoms with Crippen LogP contribution in [0.2, 0.25) is 0 Å². The lowest BCUT2D eigenvalue weighted by Crippen LogP contribution is -2.15. The van der Waals surface area contributed by atoms with Gasteiger partial charge in [-0.15, -0.1) is 0 Å². The van der Waals surface area contributed by atoms with Gasteiger partial charge in [-0.1, -0.05) is 11.8 Å². The average molecular weight is 458 g/mol. The fourth-order valence-corrected chi connectivity index (χ4v) is 2.66. The summed E-state index contributed by atoms with van der Waals surface area (Å²) in [7, 11) is 0. The minimum Gasteiger partial charge on any atom is -0.462 e. The highest BCUT2D eigenvalue weighted by Gasteiger charge is 2.14. The number of hydrogen-bond acceptors (Lipinski definition) is 7. The van der Waals surface area contributed by atoms with Crippen LogP contribution in [0, 0.1) is 3.57 Å². The maximum absolute atomic E-state index is 11.9. The maximum atomic E-state index is 11.9. The molecule has 126 valence electrons. The zero-order valence-corrected chi connectivity index (χ0v) is 15.8. The molecule has 3 N–H and O–H groups in total. The fourth-order valence-electron chi connectivity index (χ4n) is 1.67. The highest BCUT2D eigenvalue weighted by molar-refractivity contribution is 14.1. The van der Waals surface area contributed by atoms with E-state index in [9.17, 15) is 9.59 Å². The monoisotopic (exact) mass is 458 g/mol. The molecular weight excluding hydrogens is 443 g/mol. The molecule has 0 atom stereocenters. The van der Waals surface area contributed by atoms with Crippen molar-refractivity contribution in [3.8, 4) is 0 Å². The number of nitrogens with one attached hydrogen (secondary N) is 1. The number of nitrogens with zero attached hydrogens (tertiary/aromatic N) is 2. The molecule has 0 aliphatic rings. The van der Waals surface area contributed by atoms with Gasteiger partial charge in [0.2, 0.25) is 5.91 Å². The number of anilines is 2. The smallest absolute Gasteiger partial charge is 0.343 e. The van der Waals surface area contributed by atoms with Crippen LogP contribution in [0.5, 0.6) is 0 Å². The number of carbonyl (C=O) groups excluding carboxylic acids is 2. The Balaban J connectivity index is 1.91. The molecular formula is C15H15IN4O3S. The van der Waals surface area contributed by atoms with Gasteiger partial charge in [-0.2, -0.15) is 0 Å². The van der Waals surface area contributed by atoms with Gasteiger partial charge in [-0.05, 0) is 53.8 Å². The van der Waals surface area contributed by atoms with Crippen molar-refractivity contribution in [2.24, 2.45) is 0 Å². The van der Waals surface area contributed by atoms with Gasteiger partial charge >= 0.3 is 5.97 Å². The summed E-state index contributed by atoms with van der Waals surface area (Å²) < 4.78 is 5.94. The van der Waals surface area contributed by atoms with Crippen molar-refractivity contribution >= 4 is 57.7 Å². The van der Waals surface area contributed by atoms with E-state index >= 15 is 0 Å². The zero-order valence-electron chi connectivity index (χ0n) is 12.8. The molecule has 1 amide bonds. The normalized spacial score (nSPS) is 10.2. The molecule has 1 aromatic carbocycles. The maximum Gasteiger partial charge on any atom is 0.343 e. The highest BCUT2D eigenvalue weighted by atomic mass is 127. The molecule has 0 fully saturated rings. The van der Waals surface area contributed by atoms with Crippen LogP contribution < -0.4 is 11.1 Å². The lowest BCUT2D eigenvalue weighted by Gasteiger charge is -2.07. The van der Waals surface area contributed by atoms with Crippen molar-refractivity contribution in [2.45, 2.75) is 12.1 Å². The molecule has 0 aliphatic heterocycles. The summed E-state index contributed by atoms with van der Waals surface area (Å²) in [6.07, 6.45) is 1.31. The van der Waals surface area contributed by atoms with Gasteiger partial charge in [-0.25, -0.2) is 14.8 Å². The molecule has 0 radical (unpaired) electrons. The van der Waals surface area contributed by atoms with E-state index in [1.807, 2.05) is 24.3 Å². The lowest BCUT2D eigenvalue weighted by atomic mass is 10.3. The molecule has 0 unspecified atom stereocenters. The number of carbonyl (C=O) groups is 2. The Labute approximate surface area is 156 Å². The van der Waals surface area contributed by atoms with Gasteiger partial charge in [-0.3, -0.25) is 4.79 Å². The second-order valence-corrected chi connectivity index (χ2v) is 6.70. The SMILES string of the molecule is CCOC(=O)c1cnc(SCC(=O)Nc2ccc(I)cc2)nc1N. The first-order valence-corrected chi connectivity index (χ1v) is 9.04. The van der Waals surface area contributed by atoms with Crippen molar-refractivity contribution in [3.63, 3.8) is 0 Å². The minimum atomic E-state index is -0.567. The van der Waals surface area contributed by atoms with Crippen molar-refractivity contribution in [1.82, 2.24) is 9.97 Å². The molecule has 7 nitrogen and oxygen atoms in total. The highest BCUT2D eigenvalue weighted by Crippen LogP contribution is 2.18. The summed E-state index contributed by atoms with van der Waals surface area (Å²) in [4.78, 5) is 31.6. The first kappa shape index (κ1) is 18.5. The molecule has 0 saturated heterocycles. The number of ether oxygens (including phenoxy) is 1. The molecule has 2 rings (SSSR count). The van der Waals surface area contributed by atoms with Crippen LogP contribution in [0.1, 0.15) is 17.3 Å². The first-order valence-electron chi connectivity index (χ1n) is 6.97. The van der Waals surface area contributed by atoms with E-state index in [0.29, 0.717) is 5.16 Å². The summed E-state index contributed by atoms with van der Waals surface area (Å²) in [6.45, 7) is 1.94. The number of halogens is 1. The minimum absolute atomic E-state index is 0.0315. The van der Waals surface area contributed by atoms with Crippen LogP contribution in [0.3, 0.4) is 0 Å². The van der Waals surface area contributed by atoms with Gasteiger partial charge < -0.3 is 15.8 Å². The van der Waals surface area contributed by atoms with Crippen LogP contribution in [0.4, 0.5) is 11.5 Å². The number of nitrogen functional groups attached to an aromatic ring is 1. The van der Waals surface area contributed by atoms with Gasteiger partial charge in [0.05, 0.1) is 12.4 Å². The van der Waals surface area contributed by atoms with E-state index in [-0.39, 0.29) is 29.6 Å². The molecule has 0 saturated carbocycles. The third kappa shape index (κ3) is 5.34. The van der Waals surface area contributed by atoms with E-state index in [1.54, 1.807) is 6.92 Å². The van der Waals surface area contributed by atoms with Gasteiger partial charge in [0.15, 0.2) is 5.16 Å². The lowest BCUT2D eigenvalue weighted by molar-refractivity contribution is -0.113. The second kappa shape index (κ2) is 8.83. The molecule has 1 aromatic heterocycles. The van der Waals surface area contributed by atoms with Crippen LogP contribution in [-0.4, -0.2) is 34.2 Å². The first-order chi connectivity index (χ1) is 11.5. The Morgan fingerprint density at radius 2 is 2.04 bits per heavy atom. The van der Waals surface area contributed by atoms with E-state index in [4.69, 9.17) is 10.5 Å². The summed E-state index contributed by atoms with van der Waals surface area (Å²) in [5, 5.41) is 3.09. The van der Waals surface area contributed by atoms with Crippen LogP contribution >= 0.6 is 34.4 Å². The fraction of sp³-hybridized carbons (Fsp3) is 0.200. The molecule has 2 aromatic rings. The second-order valence-electron chi connectivity index (χ2n) is 4.52. The quantitative estimate of drug-likeness (QED) is 0.297. The summed E-state index contributed by atoms with van der Waals surface area (Å²) >= 11 is 3.32. The van der Waals surface area contributed by atoms with Crippen molar-refractivity contribution < 1.29 is 14.3 Å². The summed E-state index contributed by atoms with van der Waals surface area (Å²) in [5.74, 6) is -0.589. The molecule has 9 heteroatoms. The van der Waals surface area contributed by atoms with E-state index in [0.717, 1.165) is 21.0 Å². The van der Waals surface area contributed by atoms with E-state index < -0.39 is 5.97 Å². The van der Waals surface area contributed by atoms with Crippen LogP contribution in [0.15, 0.2) is 35.6 Å². The van der Waals surface area contributed by atoms with Gasteiger partial charge in [0.1, 0.15) is 11.4 Å². The summed E-state index contributed by atoms with van der Waals surface area (Å²) in [5.41, 5.74) is 6.57. The molecule has 1 heterocycles. The molecule has 0 spiro atoms. The topological polar surface area (TPSA) is 107 Å². The Bertz CT molecular complexity index is 740. The number of rotatable bonds is 6. The number of hydrogen-bond donors (Lipinski definition) is 2. The Morgan fingerprint density at radius 1 is 1.33 bits per heavy atom. The zero-order chi connectivity index (χ0) is 17.5. The third-order valence-corrected chi connectivity index (χ3v) is 4.33. The standard InChI is InChI=1S/C15H15IN4O3S/c1-2-23-14(22)11-7-18-15(20-13(11)17)24-8-12(21)19-10-5-3-9(16)4-6-10/h3-7H,2,8H2,1H3,(H,19,21)(H2,17,18,20). The number of nitrogens with two attached hydrogens (primary N) is 1. The Morgan fingerprint density at radius 3 is 2.67 bits per heavy atom.